The van der Waals surface area contributed by atoms with Crippen LogP contribution in [0.3, 0.4) is 0 Å². The van der Waals surface area contributed by atoms with Crippen LogP contribution < -0.4 is 5.32 Å². The normalized spacial score (nSPS) is 20.7. The molecule has 0 bridgehead atoms. The molecule has 2 aliphatic heterocycles. The number of hydrogen-bond acceptors (Lipinski definition) is 4. The number of rotatable bonds is 7. The van der Waals surface area contributed by atoms with Crippen molar-refractivity contribution in [1.29, 1.82) is 0 Å². The Bertz CT molecular complexity index is 963. The molecule has 31 heavy (non-hydrogen) atoms. The molecule has 0 radical (unpaired) electrons. The molecule has 5 nitrogen and oxygen atoms in total. The molecule has 6 heteroatoms. The number of nitrogens with zero attached hydrogens (tertiary/aromatic N) is 2. The van der Waals surface area contributed by atoms with E-state index in [4.69, 9.17) is 11.6 Å². The van der Waals surface area contributed by atoms with Crippen molar-refractivity contribution in [2.45, 2.75) is 20.3 Å². The number of carbonyl (C=O) groups excluding carboxylic acids is 2. The lowest BCUT2D eigenvalue weighted by atomic mass is 10.0. The zero-order valence-electron chi connectivity index (χ0n) is 18.2. The van der Waals surface area contributed by atoms with Crippen LogP contribution in [0.25, 0.3) is 0 Å². The van der Waals surface area contributed by atoms with Crippen molar-refractivity contribution in [2.75, 3.05) is 44.6 Å². The molecular weight excluding hydrogens is 410 g/mol. The highest BCUT2D eigenvalue weighted by atomic mass is 35.5. The Labute approximate surface area is 189 Å². The number of hydrogen-bond donors (Lipinski definition) is 1. The molecule has 0 spiro atoms. The van der Waals surface area contributed by atoms with Crippen molar-refractivity contribution in [3.8, 4) is 0 Å². The number of aryl methyl sites for hydroxylation is 1. The summed E-state index contributed by atoms with van der Waals surface area (Å²) in [7, 11) is 0. The van der Waals surface area contributed by atoms with Gasteiger partial charge in [0.25, 0.3) is 5.91 Å². The van der Waals surface area contributed by atoms with Crippen LogP contribution in [-0.2, 0) is 0 Å². The third-order valence-corrected chi connectivity index (χ3v) is 6.95. The van der Waals surface area contributed by atoms with E-state index < -0.39 is 0 Å². The number of Topliss-reactive ketones (excluding diaryl/α,β-unsaturated/α-hetero) is 1. The molecule has 0 saturated carbocycles. The fourth-order valence-electron chi connectivity index (χ4n) is 4.82. The highest BCUT2D eigenvalue weighted by molar-refractivity contribution is 6.31. The minimum Gasteiger partial charge on any atom is -0.385 e. The molecule has 2 saturated heterocycles. The smallest absolute Gasteiger partial charge is 0.254 e. The Morgan fingerprint density at radius 1 is 1.03 bits per heavy atom. The minimum absolute atomic E-state index is 0.00675. The summed E-state index contributed by atoms with van der Waals surface area (Å²) in [5.74, 6) is 0.985. The largest absolute Gasteiger partial charge is 0.385 e. The van der Waals surface area contributed by atoms with Gasteiger partial charge in [0, 0.05) is 49.0 Å². The molecule has 2 atom stereocenters. The van der Waals surface area contributed by atoms with E-state index >= 15 is 0 Å². The molecule has 2 unspecified atom stereocenters. The van der Waals surface area contributed by atoms with Crippen molar-refractivity contribution in [2.24, 2.45) is 11.8 Å². The molecule has 2 aromatic rings. The van der Waals surface area contributed by atoms with Gasteiger partial charge in [-0.2, -0.15) is 0 Å². The van der Waals surface area contributed by atoms with Crippen LogP contribution in [0.1, 0.15) is 39.6 Å². The molecule has 2 aliphatic rings. The molecule has 1 amide bonds. The van der Waals surface area contributed by atoms with Crippen LogP contribution in [0.5, 0.6) is 0 Å². The van der Waals surface area contributed by atoms with Gasteiger partial charge in [0.2, 0.25) is 0 Å². The molecule has 164 valence electrons. The standard InChI is InChI=1S/C25H30ClN3O2/c1-17-8-9-21(12-24(17)26)27-10-5-11-28-13-19-15-29(16-20(19)14-28)25(31)23-7-4-3-6-22(23)18(2)30/h3-4,6-9,12,19-20,27H,5,10-11,13-16H2,1-2H3. The van der Waals surface area contributed by atoms with Crippen LogP contribution in [0, 0.1) is 18.8 Å². The predicted octanol–water partition coefficient (Wildman–Crippen LogP) is 4.36. The van der Waals surface area contributed by atoms with Gasteiger partial charge in [0.1, 0.15) is 0 Å². The van der Waals surface area contributed by atoms with E-state index in [1.807, 2.05) is 36.1 Å². The van der Waals surface area contributed by atoms with E-state index in [1.165, 1.54) is 6.92 Å². The Balaban J connectivity index is 1.23. The minimum atomic E-state index is -0.0592. The maximum Gasteiger partial charge on any atom is 0.254 e. The number of likely N-dealkylation sites (tertiary alicyclic amines) is 2. The van der Waals surface area contributed by atoms with Gasteiger partial charge in [-0.3, -0.25) is 9.59 Å². The van der Waals surface area contributed by atoms with Crippen molar-refractivity contribution in [3.63, 3.8) is 0 Å². The van der Waals surface area contributed by atoms with E-state index in [9.17, 15) is 9.59 Å². The lowest BCUT2D eigenvalue weighted by Crippen LogP contribution is -2.34. The second kappa shape index (κ2) is 9.41. The Morgan fingerprint density at radius 3 is 2.35 bits per heavy atom. The maximum absolute atomic E-state index is 13.0. The highest BCUT2D eigenvalue weighted by Gasteiger charge is 2.41. The van der Waals surface area contributed by atoms with Crippen molar-refractivity contribution in [3.05, 3.63) is 64.2 Å². The summed E-state index contributed by atoms with van der Waals surface area (Å²) in [6.45, 7) is 9.15. The molecule has 0 aliphatic carbocycles. The first-order chi connectivity index (χ1) is 14.9. The maximum atomic E-state index is 13.0. The Morgan fingerprint density at radius 2 is 1.71 bits per heavy atom. The zero-order chi connectivity index (χ0) is 22.0. The highest BCUT2D eigenvalue weighted by Crippen LogP contribution is 2.32. The Hall–Kier alpha value is -2.37. The average molecular weight is 440 g/mol. The van der Waals surface area contributed by atoms with E-state index in [2.05, 4.69) is 16.3 Å². The van der Waals surface area contributed by atoms with Crippen molar-refractivity contribution < 1.29 is 9.59 Å². The summed E-state index contributed by atoms with van der Waals surface area (Å²) < 4.78 is 0. The summed E-state index contributed by atoms with van der Waals surface area (Å²) >= 11 is 6.19. The van der Waals surface area contributed by atoms with Crippen LogP contribution >= 0.6 is 11.6 Å². The van der Waals surface area contributed by atoms with E-state index in [0.29, 0.717) is 23.0 Å². The van der Waals surface area contributed by atoms with Gasteiger partial charge in [0.15, 0.2) is 5.78 Å². The summed E-state index contributed by atoms with van der Waals surface area (Å²) in [4.78, 5) is 29.4. The number of benzene rings is 2. The molecule has 2 heterocycles. The number of ketones is 1. The second-order valence-corrected chi connectivity index (χ2v) is 9.24. The fourth-order valence-corrected chi connectivity index (χ4v) is 5.00. The Kier molecular flexibility index (Phi) is 6.63. The number of halogens is 1. The van der Waals surface area contributed by atoms with Crippen LogP contribution in [0.4, 0.5) is 5.69 Å². The number of carbonyl (C=O) groups is 2. The van der Waals surface area contributed by atoms with Crippen molar-refractivity contribution >= 4 is 29.0 Å². The SMILES string of the molecule is CC(=O)c1ccccc1C(=O)N1CC2CN(CCCNc3ccc(C)c(Cl)c3)CC2C1. The lowest BCUT2D eigenvalue weighted by Gasteiger charge is -2.22. The first-order valence-electron chi connectivity index (χ1n) is 11.0. The number of fused-ring (bicyclic) bond motifs is 1. The summed E-state index contributed by atoms with van der Waals surface area (Å²) in [5, 5.41) is 4.24. The molecular formula is C25H30ClN3O2. The summed E-state index contributed by atoms with van der Waals surface area (Å²) in [6, 6.07) is 13.2. The molecule has 4 rings (SSSR count). The van der Waals surface area contributed by atoms with Gasteiger partial charge in [-0.05, 0) is 62.4 Å². The molecule has 1 N–H and O–H groups in total. The summed E-state index contributed by atoms with van der Waals surface area (Å²) in [5.41, 5.74) is 3.21. The van der Waals surface area contributed by atoms with Gasteiger partial charge in [-0.15, -0.1) is 0 Å². The van der Waals surface area contributed by atoms with Gasteiger partial charge >= 0.3 is 0 Å². The molecule has 2 aromatic carbocycles. The predicted molar refractivity (Wildman–Crippen MR) is 125 cm³/mol. The number of nitrogens with one attached hydrogen (secondary N) is 1. The zero-order valence-corrected chi connectivity index (χ0v) is 19.0. The van der Waals surface area contributed by atoms with Gasteiger partial charge < -0.3 is 15.1 Å². The monoisotopic (exact) mass is 439 g/mol. The van der Waals surface area contributed by atoms with Gasteiger partial charge in [-0.1, -0.05) is 35.9 Å². The lowest BCUT2D eigenvalue weighted by molar-refractivity contribution is 0.0769. The third-order valence-electron chi connectivity index (χ3n) is 6.54. The van der Waals surface area contributed by atoms with E-state index in [-0.39, 0.29) is 11.7 Å². The fraction of sp³-hybridized carbons (Fsp3) is 0.440. The first-order valence-corrected chi connectivity index (χ1v) is 11.4. The third kappa shape index (κ3) is 4.94. The van der Waals surface area contributed by atoms with E-state index in [1.54, 1.807) is 12.1 Å². The number of amides is 1. The van der Waals surface area contributed by atoms with Crippen LogP contribution in [-0.4, -0.2) is 60.8 Å². The molecule has 2 fully saturated rings. The second-order valence-electron chi connectivity index (χ2n) is 8.84. The van der Waals surface area contributed by atoms with Gasteiger partial charge in [-0.25, -0.2) is 0 Å². The van der Waals surface area contributed by atoms with Crippen LogP contribution in [0.15, 0.2) is 42.5 Å². The quantitative estimate of drug-likeness (QED) is 0.514. The molecule has 0 aromatic heterocycles. The van der Waals surface area contributed by atoms with Crippen LogP contribution in [0.2, 0.25) is 5.02 Å². The van der Waals surface area contributed by atoms with E-state index in [0.717, 1.165) is 62.0 Å². The number of anilines is 1. The summed E-state index contributed by atoms with van der Waals surface area (Å²) in [6.07, 6.45) is 1.07. The van der Waals surface area contributed by atoms with Crippen molar-refractivity contribution in [1.82, 2.24) is 9.80 Å². The average Bonchev–Trinajstić information content (AvgIpc) is 3.32. The first kappa shape index (κ1) is 21.8. The topological polar surface area (TPSA) is 52.7 Å². The van der Waals surface area contributed by atoms with Gasteiger partial charge in [0.05, 0.1) is 5.56 Å².